The second kappa shape index (κ2) is 5.70. The van der Waals surface area contributed by atoms with Crippen molar-refractivity contribution >= 4 is 11.9 Å². The third kappa shape index (κ3) is 4.36. The van der Waals surface area contributed by atoms with Crippen LogP contribution in [0.25, 0.3) is 0 Å². The summed E-state index contributed by atoms with van der Waals surface area (Å²) >= 11 is 0. The van der Waals surface area contributed by atoms with Crippen LogP contribution in [-0.4, -0.2) is 25.1 Å². The second-order valence-electron chi connectivity index (χ2n) is 2.03. The molecule has 11 heavy (non-hydrogen) atoms. The maximum absolute atomic E-state index is 4.96. The molecule has 0 aromatic carbocycles. The van der Waals surface area contributed by atoms with Crippen LogP contribution in [-0.2, 0) is 9.68 Å². The Balaban J connectivity index is 3.81. The van der Waals surface area contributed by atoms with Gasteiger partial charge in [-0.15, -0.1) is 0 Å². The van der Waals surface area contributed by atoms with Crippen LogP contribution in [0.2, 0.25) is 0 Å². The van der Waals surface area contributed by atoms with Crippen LogP contribution in [0.4, 0.5) is 0 Å². The molecule has 0 aliphatic carbocycles. The van der Waals surface area contributed by atoms with Crippen molar-refractivity contribution in [2.45, 2.75) is 26.9 Å². The van der Waals surface area contributed by atoms with Crippen LogP contribution in [0, 0.1) is 0 Å². The van der Waals surface area contributed by atoms with Gasteiger partial charge >= 0.3 is 0 Å². The molecule has 0 spiro atoms. The smallest absolute Gasteiger partial charge is 0.165 e. The average molecular weight is 158 g/mol. The summed E-state index contributed by atoms with van der Waals surface area (Å²) in [4.78, 5) is 9.52. The Hall–Kier alpha value is -1.06. The zero-order valence-electron chi connectivity index (χ0n) is 7.37. The van der Waals surface area contributed by atoms with Crippen molar-refractivity contribution in [3.63, 3.8) is 0 Å². The van der Waals surface area contributed by atoms with Crippen LogP contribution in [0.15, 0.2) is 10.3 Å². The Morgan fingerprint density at radius 1 is 1.55 bits per heavy atom. The van der Waals surface area contributed by atoms with Crippen molar-refractivity contribution in [2.75, 3.05) is 7.11 Å². The summed E-state index contributed by atoms with van der Waals surface area (Å²) in [6.45, 7) is 5.46. The molecule has 4 heteroatoms. The van der Waals surface area contributed by atoms with E-state index < -0.39 is 0 Å². The molecule has 1 unspecified atom stereocenters. The molecule has 0 bridgehead atoms. The van der Waals surface area contributed by atoms with Crippen LogP contribution in [0.3, 0.4) is 0 Å². The lowest BCUT2D eigenvalue weighted by Crippen LogP contribution is -2.15. The zero-order valence-corrected chi connectivity index (χ0v) is 7.37. The van der Waals surface area contributed by atoms with Crippen molar-refractivity contribution in [1.29, 1.82) is 0 Å². The number of nitrogens with zero attached hydrogens (tertiary/aromatic N) is 2. The van der Waals surface area contributed by atoms with Gasteiger partial charge < -0.3 is 9.68 Å². The van der Waals surface area contributed by atoms with Gasteiger partial charge in [-0.05, 0) is 20.8 Å². The van der Waals surface area contributed by atoms with E-state index in [4.69, 9.17) is 4.84 Å². The Labute approximate surface area is 66.9 Å². The first-order chi connectivity index (χ1) is 5.22. The van der Waals surface area contributed by atoms with E-state index in [2.05, 4.69) is 15.1 Å². The summed E-state index contributed by atoms with van der Waals surface area (Å²) in [5, 5.41) is 7.31. The van der Waals surface area contributed by atoms with E-state index in [0.29, 0.717) is 0 Å². The summed E-state index contributed by atoms with van der Waals surface area (Å²) in [6, 6.07) is 0. The first kappa shape index (κ1) is 9.94. The minimum Gasteiger partial charge on any atom is -0.399 e. The van der Waals surface area contributed by atoms with Crippen molar-refractivity contribution in [1.82, 2.24) is 0 Å². The molecule has 1 atom stereocenters. The second-order valence-corrected chi connectivity index (χ2v) is 2.03. The minimum atomic E-state index is -0.133. The molecule has 0 radical (unpaired) electrons. The molecular formula is C7H14N2O2. The van der Waals surface area contributed by atoms with E-state index in [9.17, 15) is 0 Å². The molecule has 0 amide bonds. The van der Waals surface area contributed by atoms with Gasteiger partial charge in [-0.1, -0.05) is 10.3 Å². The molecule has 0 aromatic heterocycles. The standard InChI is InChI=1S/C7H14N2O2/c1-5-8-11-7(3)6(2)9-10-4/h5,7H,1-4H3/b8-5+,9-6-. The largest absolute Gasteiger partial charge is 0.399 e. The normalized spacial score (nSPS) is 15.1. The maximum Gasteiger partial charge on any atom is 0.165 e. The topological polar surface area (TPSA) is 43.2 Å². The highest BCUT2D eigenvalue weighted by Crippen LogP contribution is 1.94. The molecule has 0 fully saturated rings. The third-order valence-corrected chi connectivity index (χ3v) is 1.15. The summed E-state index contributed by atoms with van der Waals surface area (Å²) in [6.07, 6.45) is 1.45. The predicted molar refractivity (Wildman–Crippen MR) is 44.8 cm³/mol. The molecule has 0 saturated carbocycles. The summed E-state index contributed by atoms with van der Waals surface area (Å²) in [5.41, 5.74) is 0.762. The molecule has 0 aromatic rings. The van der Waals surface area contributed by atoms with E-state index in [1.54, 1.807) is 13.1 Å². The lowest BCUT2D eigenvalue weighted by molar-refractivity contribution is 0.113. The molecule has 0 heterocycles. The first-order valence-electron chi connectivity index (χ1n) is 3.43. The highest BCUT2D eigenvalue weighted by molar-refractivity contribution is 5.85. The molecule has 4 nitrogen and oxygen atoms in total. The van der Waals surface area contributed by atoms with Crippen LogP contribution in [0.1, 0.15) is 20.8 Å². The van der Waals surface area contributed by atoms with Gasteiger partial charge in [-0.25, -0.2) is 0 Å². The van der Waals surface area contributed by atoms with E-state index in [1.807, 2.05) is 13.8 Å². The maximum atomic E-state index is 4.96. The molecule has 0 aliphatic rings. The van der Waals surface area contributed by atoms with Gasteiger partial charge in [0.1, 0.15) is 7.11 Å². The molecule has 64 valence electrons. The number of hydrogen-bond donors (Lipinski definition) is 0. The fourth-order valence-electron chi connectivity index (χ4n) is 0.447. The molecule has 0 N–H and O–H groups in total. The lowest BCUT2D eigenvalue weighted by Gasteiger charge is -2.06. The Morgan fingerprint density at radius 3 is 2.64 bits per heavy atom. The van der Waals surface area contributed by atoms with Gasteiger partial charge in [0, 0.05) is 6.21 Å². The van der Waals surface area contributed by atoms with Gasteiger partial charge in [0.25, 0.3) is 0 Å². The number of hydrogen-bond acceptors (Lipinski definition) is 4. The fourth-order valence-corrected chi connectivity index (χ4v) is 0.447. The SMILES string of the molecule is C/C=N/OC(C)/C(C)=N\OC. The monoisotopic (exact) mass is 158 g/mol. The first-order valence-corrected chi connectivity index (χ1v) is 3.43. The Bertz CT molecular complexity index is 155. The molecule has 0 rings (SSSR count). The van der Waals surface area contributed by atoms with Gasteiger partial charge in [-0.2, -0.15) is 0 Å². The van der Waals surface area contributed by atoms with Crippen molar-refractivity contribution < 1.29 is 9.68 Å². The summed E-state index contributed by atoms with van der Waals surface area (Å²) in [7, 11) is 1.50. The highest BCUT2D eigenvalue weighted by Gasteiger charge is 2.05. The number of rotatable bonds is 4. The summed E-state index contributed by atoms with van der Waals surface area (Å²) < 4.78 is 0. The molecule has 0 aliphatic heterocycles. The van der Waals surface area contributed by atoms with E-state index >= 15 is 0 Å². The van der Waals surface area contributed by atoms with Gasteiger partial charge in [0.05, 0.1) is 5.71 Å². The van der Waals surface area contributed by atoms with Crippen molar-refractivity contribution in [3.05, 3.63) is 0 Å². The quantitative estimate of drug-likeness (QED) is 0.458. The molecular weight excluding hydrogens is 144 g/mol. The summed E-state index contributed by atoms with van der Waals surface area (Å²) in [5.74, 6) is 0. The van der Waals surface area contributed by atoms with Gasteiger partial charge in [-0.3, -0.25) is 0 Å². The van der Waals surface area contributed by atoms with Crippen LogP contribution >= 0.6 is 0 Å². The van der Waals surface area contributed by atoms with E-state index in [0.717, 1.165) is 5.71 Å². The van der Waals surface area contributed by atoms with E-state index in [1.165, 1.54) is 7.11 Å². The van der Waals surface area contributed by atoms with Crippen molar-refractivity contribution in [2.24, 2.45) is 10.3 Å². The van der Waals surface area contributed by atoms with Crippen molar-refractivity contribution in [3.8, 4) is 0 Å². The highest BCUT2D eigenvalue weighted by atomic mass is 16.6. The minimum absolute atomic E-state index is 0.133. The third-order valence-electron chi connectivity index (χ3n) is 1.15. The predicted octanol–water partition coefficient (Wildman–Crippen LogP) is 1.42. The van der Waals surface area contributed by atoms with Crippen LogP contribution < -0.4 is 0 Å². The molecule has 0 saturated heterocycles. The lowest BCUT2D eigenvalue weighted by atomic mass is 10.3. The Morgan fingerprint density at radius 2 is 2.18 bits per heavy atom. The zero-order chi connectivity index (χ0) is 8.69. The fraction of sp³-hybridized carbons (Fsp3) is 0.714. The van der Waals surface area contributed by atoms with Gasteiger partial charge in [0.2, 0.25) is 0 Å². The van der Waals surface area contributed by atoms with Crippen LogP contribution in [0.5, 0.6) is 0 Å². The number of oxime groups is 2. The Kier molecular flexibility index (Phi) is 5.15. The van der Waals surface area contributed by atoms with E-state index in [-0.39, 0.29) is 6.10 Å². The van der Waals surface area contributed by atoms with Gasteiger partial charge in [0.15, 0.2) is 6.10 Å². The average Bonchev–Trinajstić information content (AvgIpc) is 2.00.